The minimum absolute atomic E-state index is 0.288. The lowest BCUT2D eigenvalue weighted by atomic mass is 10.3. The largest absolute Gasteiger partial charge is 0.495 e. The van der Waals surface area contributed by atoms with Crippen molar-refractivity contribution in [1.29, 1.82) is 0 Å². The number of hydrogen-bond donors (Lipinski definition) is 1. The van der Waals surface area contributed by atoms with E-state index in [9.17, 15) is 4.79 Å². The number of halogens is 1. The predicted octanol–water partition coefficient (Wildman–Crippen LogP) is 3.01. The van der Waals surface area contributed by atoms with Gasteiger partial charge >= 0.3 is 0 Å². The van der Waals surface area contributed by atoms with Crippen LogP contribution in [0.15, 0.2) is 24.4 Å². The second-order valence-corrected chi connectivity index (χ2v) is 5.87. The summed E-state index contributed by atoms with van der Waals surface area (Å²) in [5, 5.41) is 8.35. The highest BCUT2D eigenvalue weighted by molar-refractivity contribution is 7.16. The standard InChI is InChI=1S/C13H11ClN4O2S/c1-7-17-18-6-10(16-13(18)21-7)12(19)15-9-5-8(14)3-4-11(9)20-2/h3-6H,1-2H3,(H,15,19). The van der Waals surface area contributed by atoms with Crippen LogP contribution in [0, 0.1) is 6.92 Å². The van der Waals surface area contributed by atoms with Crippen LogP contribution in [-0.4, -0.2) is 27.6 Å². The molecular weight excluding hydrogens is 312 g/mol. The lowest BCUT2D eigenvalue weighted by Crippen LogP contribution is -2.13. The molecule has 0 aliphatic rings. The monoisotopic (exact) mass is 322 g/mol. The molecule has 6 nitrogen and oxygen atoms in total. The number of benzene rings is 1. The molecule has 0 aliphatic carbocycles. The zero-order valence-corrected chi connectivity index (χ0v) is 12.8. The molecule has 1 aromatic carbocycles. The molecule has 1 amide bonds. The van der Waals surface area contributed by atoms with Crippen LogP contribution < -0.4 is 10.1 Å². The maximum absolute atomic E-state index is 12.2. The maximum Gasteiger partial charge on any atom is 0.276 e. The summed E-state index contributed by atoms with van der Waals surface area (Å²) in [6, 6.07) is 5.00. The molecule has 2 heterocycles. The van der Waals surface area contributed by atoms with E-state index in [0.29, 0.717) is 21.4 Å². The molecule has 0 fully saturated rings. The summed E-state index contributed by atoms with van der Waals surface area (Å²) in [6.45, 7) is 1.88. The van der Waals surface area contributed by atoms with Crippen molar-refractivity contribution in [3.05, 3.63) is 40.1 Å². The highest BCUT2D eigenvalue weighted by Gasteiger charge is 2.15. The van der Waals surface area contributed by atoms with E-state index >= 15 is 0 Å². The quantitative estimate of drug-likeness (QED) is 0.804. The molecule has 0 aliphatic heterocycles. The number of imidazole rings is 1. The first-order valence-corrected chi connectivity index (χ1v) is 7.24. The fourth-order valence-electron chi connectivity index (χ4n) is 1.87. The number of anilines is 1. The van der Waals surface area contributed by atoms with Crippen molar-refractivity contribution < 1.29 is 9.53 Å². The summed E-state index contributed by atoms with van der Waals surface area (Å²) < 4.78 is 6.77. The third-order valence-corrected chi connectivity index (χ3v) is 3.86. The van der Waals surface area contributed by atoms with Crippen molar-refractivity contribution in [2.24, 2.45) is 0 Å². The third kappa shape index (κ3) is 2.70. The van der Waals surface area contributed by atoms with Crippen molar-refractivity contribution in [3.8, 4) is 5.75 Å². The van der Waals surface area contributed by atoms with E-state index < -0.39 is 0 Å². The van der Waals surface area contributed by atoms with Crippen molar-refractivity contribution >= 4 is 39.5 Å². The van der Waals surface area contributed by atoms with Crippen LogP contribution in [0.3, 0.4) is 0 Å². The Bertz CT molecular complexity index is 795. The molecule has 0 saturated carbocycles. The summed E-state index contributed by atoms with van der Waals surface area (Å²) in [5.41, 5.74) is 0.784. The van der Waals surface area contributed by atoms with Gasteiger partial charge in [-0.25, -0.2) is 9.50 Å². The molecule has 3 rings (SSSR count). The van der Waals surface area contributed by atoms with Gasteiger partial charge in [0.15, 0.2) is 0 Å². The van der Waals surface area contributed by atoms with Crippen LogP contribution in [0.4, 0.5) is 5.69 Å². The number of carbonyl (C=O) groups excluding carboxylic acids is 1. The Balaban J connectivity index is 1.88. The second-order valence-electron chi connectivity index (χ2n) is 4.27. The lowest BCUT2D eigenvalue weighted by Gasteiger charge is -2.09. The van der Waals surface area contributed by atoms with Gasteiger partial charge < -0.3 is 10.1 Å². The first-order chi connectivity index (χ1) is 10.1. The normalized spacial score (nSPS) is 10.8. The minimum atomic E-state index is -0.342. The summed E-state index contributed by atoms with van der Waals surface area (Å²) in [4.78, 5) is 17.2. The molecule has 3 aromatic rings. The number of carbonyl (C=O) groups is 1. The Morgan fingerprint density at radius 2 is 2.29 bits per heavy atom. The van der Waals surface area contributed by atoms with Gasteiger partial charge in [-0.3, -0.25) is 4.79 Å². The topological polar surface area (TPSA) is 68.5 Å². The van der Waals surface area contributed by atoms with Gasteiger partial charge in [-0.15, -0.1) is 0 Å². The van der Waals surface area contributed by atoms with Gasteiger partial charge in [-0.2, -0.15) is 5.10 Å². The average molecular weight is 323 g/mol. The zero-order valence-electron chi connectivity index (χ0n) is 11.3. The van der Waals surface area contributed by atoms with Crippen molar-refractivity contribution in [3.63, 3.8) is 0 Å². The Morgan fingerprint density at radius 3 is 3.00 bits per heavy atom. The molecule has 0 spiro atoms. The fraction of sp³-hybridized carbons (Fsp3) is 0.154. The molecule has 0 radical (unpaired) electrons. The molecule has 108 valence electrons. The van der Waals surface area contributed by atoms with Gasteiger partial charge in [-0.05, 0) is 25.1 Å². The fourth-order valence-corrected chi connectivity index (χ4v) is 2.77. The average Bonchev–Trinajstić information content (AvgIpc) is 2.96. The van der Waals surface area contributed by atoms with Gasteiger partial charge in [-0.1, -0.05) is 22.9 Å². The lowest BCUT2D eigenvalue weighted by molar-refractivity contribution is 0.102. The Hall–Kier alpha value is -2.12. The van der Waals surface area contributed by atoms with Gasteiger partial charge in [0.05, 0.1) is 19.0 Å². The number of aromatic nitrogens is 3. The van der Waals surface area contributed by atoms with E-state index in [1.54, 1.807) is 28.9 Å². The van der Waals surface area contributed by atoms with Crippen LogP contribution in [0.1, 0.15) is 15.5 Å². The molecular formula is C13H11ClN4O2S. The summed E-state index contributed by atoms with van der Waals surface area (Å²) >= 11 is 7.35. The summed E-state index contributed by atoms with van der Waals surface area (Å²) in [5.74, 6) is 0.189. The smallest absolute Gasteiger partial charge is 0.276 e. The molecule has 21 heavy (non-hydrogen) atoms. The molecule has 2 aromatic heterocycles. The number of aryl methyl sites for hydroxylation is 1. The van der Waals surface area contributed by atoms with Crippen LogP contribution >= 0.6 is 22.9 Å². The van der Waals surface area contributed by atoms with E-state index in [0.717, 1.165) is 5.01 Å². The molecule has 0 bridgehead atoms. The van der Waals surface area contributed by atoms with E-state index in [-0.39, 0.29) is 11.6 Å². The Labute approximate surface area is 129 Å². The number of amides is 1. The van der Waals surface area contributed by atoms with Crippen molar-refractivity contribution in [1.82, 2.24) is 14.6 Å². The number of hydrogen-bond acceptors (Lipinski definition) is 5. The summed E-state index contributed by atoms with van der Waals surface area (Å²) in [6.07, 6.45) is 1.59. The Morgan fingerprint density at radius 1 is 1.48 bits per heavy atom. The van der Waals surface area contributed by atoms with Gasteiger partial charge in [0.25, 0.3) is 5.91 Å². The number of fused-ring (bicyclic) bond motifs is 1. The minimum Gasteiger partial charge on any atom is -0.495 e. The van der Waals surface area contributed by atoms with Gasteiger partial charge in [0.1, 0.15) is 16.5 Å². The Kier molecular flexibility index (Phi) is 3.52. The first-order valence-electron chi connectivity index (χ1n) is 6.04. The maximum atomic E-state index is 12.2. The predicted molar refractivity (Wildman–Crippen MR) is 81.6 cm³/mol. The van der Waals surface area contributed by atoms with E-state index in [4.69, 9.17) is 16.3 Å². The number of ether oxygens (including phenoxy) is 1. The summed E-state index contributed by atoms with van der Waals surface area (Å²) in [7, 11) is 1.53. The van der Waals surface area contributed by atoms with Crippen LogP contribution in [0.2, 0.25) is 5.02 Å². The highest BCUT2D eigenvalue weighted by atomic mass is 35.5. The second kappa shape index (κ2) is 5.34. The van der Waals surface area contributed by atoms with E-state index in [2.05, 4.69) is 15.4 Å². The number of nitrogens with one attached hydrogen (secondary N) is 1. The van der Waals surface area contributed by atoms with Crippen LogP contribution in [-0.2, 0) is 0 Å². The molecule has 0 atom stereocenters. The SMILES string of the molecule is COc1ccc(Cl)cc1NC(=O)c1cn2nc(C)sc2n1. The van der Waals surface area contributed by atoms with E-state index in [1.807, 2.05) is 6.92 Å². The van der Waals surface area contributed by atoms with Gasteiger partial charge in [0, 0.05) is 5.02 Å². The zero-order chi connectivity index (χ0) is 15.0. The molecule has 8 heteroatoms. The number of nitrogens with zero attached hydrogens (tertiary/aromatic N) is 3. The molecule has 0 unspecified atom stereocenters. The van der Waals surface area contributed by atoms with Crippen LogP contribution in [0.5, 0.6) is 5.75 Å². The van der Waals surface area contributed by atoms with Crippen molar-refractivity contribution in [2.45, 2.75) is 6.92 Å². The number of rotatable bonds is 3. The van der Waals surface area contributed by atoms with Gasteiger partial charge in [0.2, 0.25) is 4.96 Å². The van der Waals surface area contributed by atoms with Crippen LogP contribution in [0.25, 0.3) is 4.96 Å². The van der Waals surface area contributed by atoms with E-state index in [1.165, 1.54) is 18.4 Å². The molecule has 0 saturated heterocycles. The first kappa shape index (κ1) is 13.8. The highest BCUT2D eigenvalue weighted by Crippen LogP contribution is 2.28. The molecule has 1 N–H and O–H groups in total. The van der Waals surface area contributed by atoms with Crippen molar-refractivity contribution in [2.75, 3.05) is 12.4 Å². The third-order valence-electron chi connectivity index (χ3n) is 2.79. The number of methoxy groups -OCH3 is 1.